The van der Waals surface area contributed by atoms with Crippen molar-refractivity contribution in [1.82, 2.24) is 10.3 Å². The molecule has 2 N–H and O–H groups in total. The average molecular weight is 434 g/mol. The van der Waals surface area contributed by atoms with Crippen molar-refractivity contribution in [3.8, 4) is 5.75 Å². The minimum absolute atomic E-state index is 0.113. The number of nitro groups is 1. The summed E-state index contributed by atoms with van der Waals surface area (Å²) in [5.74, 6) is -1.50. The van der Waals surface area contributed by atoms with Crippen LogP contribution in [0.25, 0.3) is 0 Å². The Bertz CT molecular complexity index is 1130. The number of amides is 2. The molecular weight excluding hydrogens is 412 g/mol. The molecule has 0 saturated carbocycles. The highest BCUT2D eigenvalue weighted by atomic mass is 16.6. The van der Waals surface area contributed by atoms with E-state index in [4.69, 9.17) is 4.74 Å². The van der Waals surface area contributed by atoms with E-state index < -0.39 is 23.3 Å². The van der Waals surface area contributed by atoms with E-state index in [2.05, 4.69) is 15.6 Å². The third-order valence-electron chi connectivity index (χ3n) is 4.60. The number of hydrogen-bond donors (Lipinski definition) is 2. The Kier molecular flexibility index (Phi) is 7.12. The summed E-state index contributed by atoms with van der Waals surface area (Å²) in [6.07, 6.45) is 0. The molecule has 0 aliphatic rings. The number of para-hydroxylation sites is 1. The molecule has 1 atom stereocenters. The van der Waals surface area contributed by atoms with Crippen molar-refractivity contribution < 1.29 is 19.2 Å². The topological polar surface area (TPSA) is 123 Å². The molecule has 3 aromatic rings. The monoisotopic (exact) mass is 434 g/mol. The number of aryl methyl sites for hydroxylation is 1. The van der Waals surface area contributed by atoms with Gasteiger partial charge < -0.3 is 25.5 Å². The van der Waals surface area contributed by atoms with Gasteiger partial charge in [-0.3, -0.25) is 9.59 Å². The van der Waals surface area contributed by atoms with Crippen LogP contribution in [-0.4, -0.2) is 28.3 Å². The first kappa shape index (κ1) is 22.4. The molecule has 0 spiro atoms. The van der Waals surface area contributed by atoms with Gasteiger partial charge >= 0.3 is 5.82 Å². The number of benzene rings is 2. The number of nitrogens with zero attached hydrogens (tertiary/aromatic N) is 2. The molecule has 32 heavy (non-hydrogen) atoms. The molecule has 0 aliphatic carbocycles. The molecular formula is C23H22N4O5. The number of nitrogens with one attached hydrogen (secondary N) is 2. The standard InChI is InChI=1S/C23H22N4O5/c1-15-12-13-20(22(24-15)27(30)31)32-14-21(28)26-19-11-7-6-10-18(19)23(29)25-16(2)17-8-4-3-5-9-17/h3-13,16H,14H2,1-2H3,(H,25,29)(H,26,28). The van der Waals surface area contributed by atoms with Gasteiger partial charge in [0.15, 0.2) is 6.61 Å². The van der Waals surface area contributed by atoms with Gasteiger partial charge in [0.1, 0.15) is 5.69 Å². The van der Waals surface area contributed by atoms with E-state index in [-0.39, 0.29) is 23.3 Å². The highest BCUT2D eigenvalue weighted by Gasteiger charge is 2.20. The second-order valence-electron chi connectivity index (χ2n) is 7.02. The summed E-state index contributed by atoms with van der Waals surface area (Å²) in [4.78, 5) is 39.5. The van der Waals surface area contributed by atoms with Gasteiger partial charge in [0, 0.05) is 6.92 Å². The average Bonchev–Trinajstić information content (AvgIpc) is 2.79. The number of anilines is 1. The summed E-state index contributed by atoms with van der Waals surface area (Å²) in [7, 11) is 0. The third kappa shape index (κ3) is 5.66. The SMILES string of the molecule is Cc1ccc(OCC(=O)Nc2ccccc2C(=O)NC(C)c2ccccc2)c([N+](=O)[O-])n1. The smallest absolute Gasteiger partial charge is 0.406 e. The molecule has 0 radical (unpaired) electrons. The van der Waals surface area contributed by atoms with Gasteiger partial charge in [-0.15, -0.1) is 0 Å². The number of aromatic nitrogens is 1. The zero-order valence-corrected chi connectivity index (χ0v) is 17.6. The molecule has 9 heteroatoms. The molecule has 1 aromatic heterocycles. The number of carbonyl (C=O) groups is 2. The van der Waals surface area contributed by atoms with Crippen LogP contribution < -0.4 is 15.4 Å². The minimum atomic E-state index is -0.673. The Morgan fingerprint density at radius 2 is 1.75 bits per heavy atom. The zero-order chi connectivity index (χ0) is 23.1. The molecule has 1 unspecified atom stereocenters. The Labute approximate surface area is 184 Å². The van der Waals surface area contributed by atoms with E-state index in [0.29, 0.717) is 11.4 Å². The summed E-state index contributed by atoms with van der Waals surface area (Å²) >= 11 is 0. The lowest BCUT2D eigenvalue weighted by Crippen LogP contribution is -2.28. The number of rotatable bonds is 8. The van der Waals surface area contributed by atoms with E-state index >= 15 is 0 Å². The van der Waals surface area contributed by atoms with Gasteiger partial charge in [0.2, 0.25) is 5.75 Å². The summed E-state index contributed by atoms with van der Waals surface area (Å²) < 4.78 is 5.29. The van der Waals surface area contributed by atoms with Crippen molar-refractivity contribution >= 4 is 23.3 Å². The van der Waals surface area contributed by atoms with E-state index in [1.54, 1.807) is 37.3 Å². The van der Waals surface area contributed by atoms with Gasteiger partial charge in [-0.05, 0) is 46.7 Å². The number of carbonyl (C=O) groups excluding carboxylic acids is 2. The van der Waals surface area contributed by atoms with Gasteiger partial charge in [-0.2, -0.15) is 0 Å². The first-order chi connectivity index (χ1) is 15.3. The molecule has 0 bridgehead atoms. The van der Waals surface area contributed by atoms with Gasteiger partial charge in [0.25, 0.3) is 11.8 Å². The lowest BCUT2D eigenvalue weighted by Gasteiger charge is -2.16. The van der Waals surface area contributed by atoms with Gasteiger partial charge in [-0.1, -0.05) is 42.5 Å². The van der Waals surface area contributed by atoms with Crippen LogP contribution in [0.15, 0.2) is 66.7 Å². The van der Waals surface area contributed by atoms with Crippen LogP contribution in [0.5, 0.6) is 5.75 Å². The predicted octanol–water partition coefficient (Wildman–Crippen LogP) is 3.81. The van der Waals surface area contributed by atoms with Crippen molar-refractivity contribution in [3.05, 3.63) is 93.7 Å². The molecule has 2 amide bonds. The molecule has 0 fully saturated rings. The molecule has 164 valence electrons. The number of pyridine rings is 1. The molecule has 2 aromatic carbocycles. The fourth-order valence-electron chi connectivity index (χ4n) is 2.99. The summed E-state index contributed by atoms with van der Waals surface area (Å²) in [5, 5.41) is 16.7. The summed E-state index contributed by atoms with van der Waals surface area (Å²) in [6.45, 7) is 3.00. The lowest BCUT2D eigenvalue weighted by atomic mass is 10.1. The van der Waals surface area contributed by atoms with Crippen LogP contribution in [-0.2, 0) is 4.79 Å². The zero-order valence-electron chi connectivity index (χ0n) is 17.6. The lowest BCUT2D eigenvalue weighted by molar-refractivity contribution is -0.390. The molecule has 1 heterocycles. The predicted molar refractivity (Wildman–Crippen MR) is 119 cm³/mol. The normalized spacial score (nSPS) is 11.3. The van der Waals surface area contributed by atoms with Crippen molar-refractivity contribution in [3.63, 3.8) is 0 Å². The Hall–Kier alpha value is -4.27. The van der Waals surface area contributed by atoms with Crippen molar-refractivity contribution in [1.29, 1.82) is 0 Å². The first-order valence-corrected chi connectivity index (χ1v) is 9.84. The van der Waals surface area contributed by atoms with E-state index in [0.717, 1.165) is 5.56 Å². The second kappa shape index (κ2) is 10.2. The van der Waals surface area contributed by atoms with Crippen LogP contribution in [0.2, 0.25) is 0 Å². The maximum absolute atomic E-state index is 12.8. The molecule has 0 saturated heterocycles. The number of ether oxygens (including phenoxy) is 1. The molecule has 9 nitrogen and oxygen atoms in total. The van der Waals surface area contributed by atoms with Crippen LogP contribution in [0.4, 0.5) is 11.5 Å². The summed E-state index contributed by atoms with van der Waals surface area (Å²) in [5.41, 5.74) is 1.99. The maximum atomic E-state index is 12.8. The fourth-order valence-corrected chi connectivity index (χ4v) is 2.99. The van der Waals surface area contributed by atoms with E-state index in [9.17, 15) is 19.7 Å². The Morgan fingerprint density at radius 1 is 1.06 bits per heavy atom. The molecule has 0 aliphatic heterocycles. The minimum Gasteiger partial charge on any atom is -0.476 e. The van der Waals surface area contributed by atoms with Crippen LogP contribution in [0.3, 0.4) is 0 Å². The molecule has 3 rings (SSSR count). The third-order valence-corrected chi connectivity index (χ3v) is 4.60. The van der Waals surface area contributed by atoms with Gasteiger partial charge in [0.05, 0.1) is 17.3 Å². The fraction of sp³-hybridized carbons (Fsp3) is 0.174. The van der Waals surface area contributed by atoms with Crippen molar-refractivity contribution in [2.24, 2.45) is 0 Å². The second-order valence-corrected chi connectivity index (χ2v) is 7.02. The van der Waals surface area contributed by atoms with E-state index in [1.807, 2.05) is 37.3 Å². The van der Waals surface area contributed by atoms with Crippen LogP contribution in [0.1, 0.15) is 34.6 Å². The Balaban J connectivity index is 1.66. The van der Waals surface area contributed by atoms with Gasteiger partial charge in [-0.25, -0.2) is 0 Å². The first-order valence-electron chi connectivity index (χ1n) is 9.84. The van der Waals surface area contributed by atoms with Crippen molar-refractivity contribution in [2.75, 3.05) is 11.9 Å². The quantitative estimate of drug-likeness (QED) is 0.410. The highest BCUT2D eigenvalue weighted by molar-refractivity contribution is 6.04. The van der Waals surface area contributed by atoms with Crippen LogP contribution in [0, 0.1) is 17.0 Å². The van der Waals surface area contributed by atoms with Crippen molar-refractivity contribution in [2.45, 2.75) is 19.9 Å². The Morgan fingerprint density at radius 3 is 2.47 bits per heavy atom. The maximum Gasteiger partial charge on any atom is 0.406 e. The highest BCUT2D eigenvalue weighted by Crippen LogP contribution is 2.24. The van der Waals surface area contributed by atoms with E-state index in [1.165, 1.54) is 6.07 Å². The largest absolute Gasteiger partial charge is 0.476 e. The summed E-state index contributed by atoms with van der Waals surface area (Å²) in [6, 6.07) is 18.8. The van der Waals surface area contributed by atoms with Crippen LogP contribution >= 0.6 is 0 Å². The number of hydrogen-bond acceptors (Lipinski definition) is 6.